The van der Waals surface area contributed by atoms with E-state index in [2.05, 4.69) is 43.7 Å². The van der Waals surface area contributed by atoms with Crippen molar-refractivity contribution in [3.8, 4) is 0 Å². The number of carbonyl (C=O) groups excluding carboxylic acids is 1. The van der Waals surface area contributed by atoms with Crippen molar-refractivity contribution < 1.29 is 9.53 Å². The van der Waals surface area contributed by atoms with Crippen LogP contribution in [-0.2, 0) is 20.5 Å². The molecule has 0 bridgehead atoms. The molecule has 158 valence electrons. The lowest BCUT2D eigenvalue weighted by molar-refractivity contribution is -0.114. The van der Waals surface area contributed by atoms with Gasteiger partial charge in [-0.3, -0.25) is 0 Å². The van der Waals surface area contributed by atoms with Crippen LogP contribution in [0.15, 0.2) is 6.20 Å². The minimum absolute atomic E-state index is 0.144. The molecule has 0 fully saturated rings. The number of ether oxygens (including phenoxy) is 1. The van der Waals surface area contributed by atoms with E-state index in [1.54, 1.807) is 0 Å². The van der Waals surface area contributed by atoms with E-state index in [0.717, 1.165) is 24.8 Å². The van der Waals surface area contributed by atoms with Crippen LogP contribution in [0.25, 0.3) is 0 Å². The topological polar surface area (TPSA) is 109 Å². The maximum Gasteiger partial charge on any atom is 0.122 e. The number of aldehydes is 1. The molecule has 4 N–H and O–H groups in total. The van der Waals surface area contributed by atoms with Crippen LogP contribution in [-0.4, -0.2) is 46.1 Å². The molecule has 0 aliphatic carbocycles. The van der Waals surface area contributed by atoms with E-state index in [-0.39, 0.29) is 16.5 Å². The first-order chi connectivity index (χ1) is 12.2. The average molecular weight is 384 g/mol. The van der Waals surface area contributed by atoms with Crippen LogP contribution >= 0.6 is 0 Å². The van der Waals surface area contributed by atoms with E-state index in [1.165, 1.54) is 7.05 Å². The van der Waals surface area contributed by atoms with Gasteiger partial charge in [0.2, 0.25) is 0 Å². The molecule has 0 amide bonds. The lowest BCUT2D eigenvalue weighted by Gasteiger charge is -2.31. The highest BCUT2D eigenvalue weighted by molar-refractivity contribution is 5.51. The van der Waals surface area contributed by atoms with Crippen LogP contribution in [0.2, 0.25) is 0 Å². The van der Waals surface area contributed by atoms with Gasteiger partial charge < -0.3 is 21.0 Å². The van der Waals surface area contributed by atoms with Gasteiger partial charge in [-0.25, -0.2) is 4.68 Å². The molecule has 0 spiro atoms. The van der Waals surface area contributed by atoms with Gasteiger partial charge in [0, 0.05) is 30.2 Å². The number of hydrogen-bond acceptors (Lipinski definition) is 6. The predicted molar refractivity (Wildman–Crippen MR) is 111 cm³/mol. The van der Waals surface area contributed by atoms with E-state index in [4.69, 9.17) is 10.5 Å². The zero-order valence-corrected chi connectivity index (χ0v) is 18.8. The van der Waals surface area contributed by atoms with Crippen LogP contribution in [0.5, 0.6) is 0 Å². The Morgan fingerprint density at radius 1 is 1.11 bits per heavy atom. The summed E-state index contributed by atoms with van der Waals surface area (Å²) in [5, 5.41) is 8.74. The fourth-order valence-electron chi connectivity index (χ4n) is 3.05. The molecule has 1 aromatic rings. The number of aromatic nitrogens is 3. The van der Waals surface area contributed by atoms with Gasteiger partial charge in [0.15, 0.2) is 0 Å². The summed E-state index contributed by atoms with van der Waals surface area (Å²) < 4.78 is 7.76. The van der Waals surface area contributed by atoms with E-state index in [1.807, 2.05) is 38.6 Å². The fraction of sp³-hybridized carbons (Fsp3) is 0.850. The summed E-state index contributed by atoms with van der Waals surface area (Å²) in [5.74, 6) is 0. The second kappa shape index (κ2) is 9.75. The standard InChI is InChI=1S/C19H36N4O2.CH5N/c1-16(2,14-17(3,4)20)15-13-23(22-21-15)18(5,6)10-12-25-19(7,8)9-11-24;1-2/h11,13H,9-10,12,14,20H2,1-8H3;2H2,1H3. The summed E-state index contributed by atoms with van der Waals surface area (Å²) in [4.78, 5) is 10.7. The zero-order valence-electron chi connectivity index (χ0n) is 18.8. The number of rotatable bonds is 10. The van der Waals surface area contributed by atoms with Crippen LogP contribution in [0, 0.1) is 0 Å². The first kappa shape index (κ1) is 25.7. The number of nitrogens with two attached hydrogens (primary N) is 2. The van der Waals surface area contributed by atoms with Gasteiger partial charge in [0.1, 0.15) is 6.29 Å². The Kier molecular flexibility index (Phi) is 9.28. The van der Waals surface area contributed by atoms with Gasteiger partial charge in [-0.05, 0) is 61.4 Å². The van der Waals surface area contributed by atoms with Gasteiger partial charge in [0.25, 0.3) is 0 Å². The third-order valence-corrected chi connectivity index (χ3v) is 4.49. The van der Waals surface area contributed by atoms with Gasteiger partial charge in [-0.15, -0.1) is 5.10 Å². The monoisotopic (exact) mass is 383 g/mol. The van der Waals surface area contributed by atoms with E-state index < -0.39 is 5.60 Å². The first-order valence-electron chi connectivity index (χ1n) is 9.56. The Labute approximate surface area is 165 Å². The summed E-state index contributed by atoms with van der Waals surface area (Å²) in [5.41, 5.74) is 10.6. The Balaban J connectivity index is 0.00000326. The zero-order chi connectivity index (χ0) is 21.5. The molecule has 1 heterocycles. The van der Waals surface area contributed by atoms with Crippen LogP contribution < -0.4 is 11.5 Å². The van der Waals surface area contributed by atoms with Gasteiger partial charge in [-0.1, -0.05) is 19.1 Å². The molecule has 0 aliphatic rings. The minimum atomic E-state index is -0.430. The van der Waals surface area contributed by atoms with Crippen molar-refractivity contribution in [2.45, 2.75) is 96.7 Å². The molecule has 0 unspecified atom stereocenters. The summed E-state index contributed by atoms with van der Waals surface area (Å²) >= 11 is 0. The molecule has 0 aliphatic heterocycles. The maximum atomic E-state index is 10.7. The highest BCUT2D eigenvalue weighted by Crippen LogP contribution is 2.31. The molecule has 0 atom stereocenters. The molecule has 0 saturated carbocycles. The van der Waals surface area contributed by atoms with Crippen molar-refractivity contribution >= 4 is 6.29 Å². The fourth-order valence-corrected chi connectivity index (χ4v) is 3.05. The Hall–Kier alpha value is -1.31. The predicted octanol–water partition coefficient (Wildman–Crippen LogP) is 2.77. The second-order valence-corrected chi connectivity index (χ2v) is 9.64. The molecule has 0 aromatic carbocycles. The number of carbonyl (C=O) groups is 1. The van der Waals surface area contributed by atoms with E-state index in [0.29, 0.717) is 13.0 Å². The molecule has 0 saturated heterocycles. The molecule has 7 heteroatoms. The van der Waals surface area contributed by atoms with Crippen molar-refractivity contribution in [3.05, 3.63) is 11.9 Å². The van der Waals surface area contributed by atoms with Crippen molar-refractivity contribution in [3.63, 3.8) is 0 Å². The Morgan fingerprint density at radius 2 is 1.67 bits per heavy atom. The molecule has 27 heavy (non-hydrogen) atoms. The third kappa shape index (κ3) is 8.95. The molecule has 7 nitrogen and oxygen atoms in total. The van der Waals surface area contributed by atoms with Crippen molar-refractivity contribution in [2.75, 3.05) is 13.7 Å². The first-order valence-corrected chi connectivity index (χ1v) is 9.56. The Bertz CT molecular complexity index is 571. The normalized spacial score (nSPS) is 13.1. The number of hydrogen-bond donors (Lipinski definition) is 2. The van der Waals surface area contributed by atoms with E-state index in [9.17, 15) is 4.79 Å². The summed E-state index contributed by atoms with van der Waals surface area (Å²) in [6.45, 7) is 17.0. The van der Waals surface area contributed by atoms with Crippen molar-refractivity contribution in [1.29, 1.82) is 0 Å². The third-order valence-electron chi connectivity index (χ3n) is 4.49. The quantitative estimate of drug-likeness (QED) is 0.601. The van der Waals surface area contributed by atoms with Gasteiger partial charge in [-0.2, -0.15) is 0 Å². The molecule has 0 radical (unpaired) electrons. The molecular formula is C20H41N5O2. The number of nitrogens with zero attached hydrogens (tertiary/aromatic N) is 3. The lowest BCUT2D eigenvalue weighted by atomic mass is 9.78. The van der Waals surface area contributed by atoms with Crippen molar-refractivity contribution in [2.24, 2.45) is 11.5 Å². The van der Waals surface area contributed by atoms with Gasteiger partial charge in [0.05, 0.1) is 16.8 Å². The minimum Gasteiger partial charge on any atom is -0.375 e. The summed E-state index contributed by atoms with van der Waals surface area (Å²) in [7, 11) is 1.50. The Morgan fingerprint density at radius 3 is 2.15 bits per heavy atom. The maximum absolute atomic E-state index is 10.7. The highest BCUT2D eigenvalue weighted by atomic mass is 16.5. The highest BCUT2D eigenvalue weighted by Gasteiger charge is 2.32. The second-order valence-electron chi connectivity index (χ2n) is 9.64. The lowest BCUT2D eigenvalue weighted by Crippen LogP contribution is -2.39. The molecular weight excluding hydrogens is 342 g/mol. The van der Waals surface area contributed by atoms with Gasteiger partial charge >= 0.3 is 0 Å². The van der Waals surface area contributed by atoms with E-state index >= 15 is 0 Å². The van der Waals surface area contributed by atoms with Crippen LogP contribution in [0.1, 0.15) is 80.3 Å². The SMILES string of the molecule is CC(C)(N)CC(C)(C)c1cn(C(C)(C)CCOC(C)(C)CC=O)nn1.CN. The van der Waals surface area contributed by atoms with Crippen LogP contribution in [0.4, 0.5) is 0 Å². The smallest absolute Gasteiger partial charge is 0.122 e. The average Bonchev–Trinajstić information content (AvgIpc) is 2.97. The summed E-state index contributed by atoms with van der Waals surface area (Å²) in [6.07, 6.45) is 4.91. The summed E-state index contributed by atoms with van der Waals surface area (Å²) in [6, 6.07) is 0. The molecule has 1 aromatic heterocycles. The van der Waals surface area contributed by atoms with Crippen LogP contribution in [0.3, 0.4) is 0 Å². The molecule has 1 rings (SSSR count). The van der Waals surface area contributed by atoms with Crippen molar-refractivity contribution in [1.82, 2.24) is 15.0 Å². The largest absolute Gasteiger partial charge is 0.375 e.